The predicted molar refractivity (Wildman–Crippen MR) is 64.1 cm³/mol. The Morgan fingerprint density at radius 3 is 2.19 bits per heavy atom. The molecule has 8 heteroatoms. The fourth-order valence-corrected chi connectivity index (χ4v) is 1.64. The number of halogens is 2. The van der Waals surface area contributed by atoms with Crippen LogP contribution >= 0.6 is 31.5 Å². The van der Waals surface area contributed by atoms with Gasteiger partial charge < -0.3 is 9.84 Å². The second-order valence-corrected chi connectivity index (χ2v) is 4.14. The molecule has 0 bridgehead atoms. The van der Waals surface area contributed by atoms with Gasteiger partial charge in [0, 0.05) is 16.3 Å². The van der Waals surface area contributed by atoms with Gasteiger partial charge in [0.1, 0.15) is 0 Å². The molecule has 0 amide bonds. The van der Waals surface area contributed by atoms with Crippen LogP contribution in [0.15, 0.2) is 0 Å². The lowest BCUT2D eigenvalue weighted by Crippen LogP contribution is -2.24. The summed E-state index contributed by atoms with van der Waals surface area (Å²) in [5.41, 5.74) is 0. The number of rotatable bonds is 7. The van der Waals surface area contributed by atoms with Crippen LogP contribution in [-0.4, -0.2) is 46.0 Å². The summed E-state index contributed by atoms with van der Waals surface area (Å²) in [4.78, 5) is 14.2. The Bertz CT molecular complexity index is 169. The van der Waals surface area contributed by atoms with Crippen LogP contribution in [0.3, 0.4) is 0 Å². The summed E-state index contributed by atoms with van der Waals surface area (Å²) in [6.07, 6.45) is 0.936. The van der Waals surface area contributed by atoms with Crippen LogP contribution in [0.1, 0.15) is 13.3 Å². The number of ether oxygens (including phenoxy) is 1. The van der Waals surface area contributed by atoms with Crippen LogP contribution in [0.5, 0.6) is 0 Å². The lowest BCUT2D eigenvalue weighted by atomic mass is 10.0. The summed E-state index contributed by atoms with van der Waals surface area (Å²) in [6.45, 7) is 2.38. The van der Waals surface area contributed by atoms with Crippen LogP contribution in [0.2, 0.25) is 0 Å². The van der Waals surface area contributed by atoms with Gasteiger partial charge in [-0.15, -0.1) is 33.0 Å². The van der Waals surface area contributed by atoms with Gasteiger partial charge in [-0.25, -0.2) is 0 Å². The van der Waals surface area contributed by atoms with Crippen LogP contribution in [0.25, 0.3) is 0 Å². The highest BCUT2D eigenvalue weighted by Crippen LogP contribution is 2.14. The van der Waals surface area contributed by atoms with E-state index in [0.29, 0.717) is 18.4 Å². The van der Waals surface area contributed by atoms with E-state index in [-0.39, 0.29) is 18.6 Å². The van der Waals surface area contributed by atoms with Crippen LogP contribution in [-0.2, 0) is 9.30 Å². The van der Waals surface area contributed by atoms with E-state index in [4.69, 9.17) is 47.4 Å². The first-order chi connectivity index (χ1) is 7.49. The first kappa shape index (κ1) is 18.9. The zero-order chi connectivity index (χ0) is 13.0. The number of alkyl halides is 2. The average Bonchev–Trinajstić information content (AvgIpc) is 2.21. The Kier molecular flexibility index (Phi) is 16.0. The minimum atomic E-state index is -2.87. The molecule has 0 radical (unpaired) electrons. The van der Waals surface area contributed by atoms with Gasteiger partial charge >= 0.3 is 8.25 Å². The van der Waals surface area contributed by atoms with Gasteiger partial charge in [0.05, 0.1) is 19.3 Å². The van der Waals surface area contributed by atoms with Gasteiger partial charge in [0.25, 0.3) is 0 Å². The topological polar surface area (TPSA) is 87.0 Å². The van der Waals surface area contributed by atoms with Crippen LogP contribution < -0.4 is 0 Å². The van der Waals surface area contributed by atoms with E-state index >= 15 is 0 Å². The van der Waals surface area contributed by atoms with Crippen molar-refractivity contribution in [2.75, 3.05) is 25.0 Å². The molecule has 0 aliphatic heterocycles. The molecule has 0 saturated heterocycles. The van der Waals surface area contributed by atoms with E-state index in [2.05, 4.69) is 0 Å². The second kappa shape index (κ2) is 13.6. The molecule has 0 aromatic carbocycles. The third-order valence-electron chi connectivity index (χ3n) is 1.81. The Hall–Kier alpha value is 0.520. The van der Waals surface area contributed by atoms with Crippen molar-refractivity contribution in [3.63, 3.8) is 0 Å². The maximum atomic E-state index is 8.70. The smallest absolute Gasteiger partial charge is 0.394 e. The molecule has 3 N–H and O–H groups in total. The molecule has 2 unspecified atom stereocenters. The van der Waals surface area contributed by atoms with Gasteiger partial charge in [-0.3, -0.25) is 0 Å². The average molecular weight is 296 g/mol. The Balaban J connectivity index is 0. The highest BCUT2D eigenvalue weighted by Gasteiger charge is 2.15. The molecule has 0 aromatic rings. The molecule has 0 heterocycles. The van der Waals surface area contributed by atoms with Crippen molar-refractivity contribution < 1.29 is 24.2 Å². The van der Waals surface area contributed by atoms with Crippen molar-refractivity contribution in [3.8, 4) is 0 Å². The molecule has 5 nitrogen and oxygen atoms in total. The predicted octanol–water partition coefficient (Wildman–Crippen LogP) is 1.50. The van der Waals surface area contributed by atoms with Crippen molar-refractivity contribution in [2.45, 2.75) is 19.4 Å². The molecule has 0 aliphatic rings. The van der Waals surface area contributed by atoms with Gasteiger partial charge in [-0.05, 0) is 19.3 Å². The van der Waals surface area contributed by atoms with E-state index in [0.717, 1.165) is 6.42 Å². The Labute approximate surface area is 106 Å². The summed E-state index contributed by atoms with van der Waals surface area (Å²) < 4.78 is 14.0. The molecule has 16 heavy (non-hydrogen) atoms. The third-order valence-corrected chi connectivity index (χ3v) is 2.43. The monoisotopic (exact) mass is 295 g/mol. The number of aliphatic hydroxyl groups excluding tert-OH is 1. The third kappa shape index (κ3) is 14.5. The van der Waals surface area contributed by atoms with Crippen molar-refractivity contribution in [1.82, 2.24) is 0 Å². The van der Waals surface area contributed by atoms with E-state index in [1.807, 2.05) is 6.92 Å². The molecular weight excluding hydrogens is 278 g/mol. The zero-order valence-corrected chi connectivity index (χ0v) is 11.5. The quantitative estimate of drug-likeness (QED) is 0.489. The Morgan fingerprint density at radius 1 is 1.38 bits per heavy atom. The standard InChI is InChI=1S/C8H16Cl2O2.HO3P/c1-7(12-5-4-11)8(6-10)2-3-9;1-4(2)3/h7-8,11H,2-6H2,1H3;(H-,1,2,3)/p+1. The SMILES string of the molecule is CC(OCCO)C(CCl)CCCl.O=[P+](O)O. The lowest BCUT2D eigenvalue weighted by molar-refractivity contribution is 0.0103. The maximum Gasteiger partial charge on any atom is 0.692 e. The normalized spacial score (nSPS) is 13.6. The van der Waals surface area contributed by atoms with Crippen molar-refractivity contribution >= 4 is 31.5 Å². The summed E-state index contributed by atoms with van der Waals surface area (Å²) in [6, 6.07) is 0. The largest absolute Gasteiger partial charge is 0.692 e. The fourth-order valence-electron chi connectivity index (χ4n) is 0.952. The van der Waals surface area contributed by atoms with Crippen molar-refractivity contribution in [1.29, 1.82) is 0 Å². The number of hydrogen-bond acceptors (Lipinski definition) is 3. The lowest BCUT2D eigenvalue weighted by Gasteiger charge is -2.20. The van der Waals surface area contributed by atoms with Gasteiger partial charge in [0.2, 0.25) is 0 Å². The van der Waals surface area contributed by atoms with Crippen molar-refractivity contribution in [2.24, 2.45) is 5.92 Å². The van der Waals surface area contributed by atoms with Gasteiger partial charge in [0.15, 0.2) is 0 Å². The molecule has 0 aromatic heterocycles. The molecule has 0 rings (SSSR count). The highest BCUT2D eigenvalue weighted by molar-refractivity contribution is 7.30. The molecule has 0 saturated carbocycles. The van der Waals surface area contributed by atoms with Crippen LogP contribution in [0, 0.1) is 5.92 Å². The maximum absolute atomic E-state index is 8.70. The van der Waals surface area contributed by atoms with E-state index < -0.39 is 8.25 Å². The van der Waals surface area contributed by atoms with Crippen molar-refractivity contribution in [3.05, 3.63) is 0 Å². The molecule has 0 aliphatic carbocycles. The zero-order valence-electron chi connectivity index (χ0n) is 9.05. The number of hydrogen-bond donors (Lipinski definition) is 3. The molecule has 0 spiro atoms. The highest BCUT2D eigenvalue weighted by atomic mass is 35.5. The van der Waals surface area contributed by atoms with Gasteiger partial charge in [-0.2, -0.15) is 0 Å². The molecule has 0 fully saturated rings. The summed E-state index contributed by atoms with van der Waals surface area (Å²) in [7, 11) is -2.87. The minimum absolute atomic E-state index is 0.0558. The summed E-state index contributed by atoms with van der Waals surface area (Å²) in [5.74, 6) is 1.44. The Morgan fingerprint density at radius 2 is 1.88 bits per heavy atom. The molecule has 2 atom stereocenters. The fraction of sp³-hybridized carbons (Fsp3) is 1.00. The van der Waals surface area contributed by atoms with E-state index in [1.165, 1.54) is 0 Å². The summed E-state index contributed by atoms with van der Waals surface area (Å²) >= 11 is 11.3. The first-order valence-electron chi connectivity index (χ1n) is 4.68. The van der Waals surface area contributed by atoms with E-state index in [9.17, 15) is 0 Å². The van der Waals surface area contributed by atoms with Crippen LogP contribution in [0.4, 0.5) is 0 Å². The summed E-state index contributed by atoms with van der Waals surface area (Å²) in [5, 5.41) is 8.52. The first-order valence-corrected chi connectivity index (χ1v) is 6.92. The van der Waals surface area contributed by atoms with E-state index in [1.54, 1.807) is 0 Å². The molecule has 98 valence electrons. The second-order valence-electron chi connectivity index (χ2n) is 2.94. The molecular formula is C8H18Cl2O5P+. The van der Waals surface area contributed by atoms with Gasteiger partial charge in [-0.1, -0.05) is 0 Å². The number of aliphatic hydroxyl groups is 1. The minimum Gasteiger partial charge on any atom is -0.394 e.